The number of hydrogen-bond acceptors (Lipinski definition) is 4. The fourth-order valence-corrected chi connectivity index (χ4v) is 0.492. The van der Waals surface area contributed by atoms with Crippen molar-refractivity contribution in [2.75, 3.05) is 7.05 Å². The summed E-state index contributed by atoms with van der Waals surface area (Å²) in [6.07, 6.45) is 0. The lowest BCUT2D eigenvalue weighted by molar-refractivity contribution is -0.115. The Morgan fingerprint density at radius 2 is 2.00 bits per heavy atom. The SMILES string of the molecule is CN=N/C(=N\N)C(=O)C(C)C. The summed E-state index contributed by atoms with van der Waals surface area (Å²) in [6, 6.07) is 0. The van der Waals surface area contributed by atoms with Gasteiger partial charge in [-0.1, -0.05) is 13.8 Å². The van der Waals surface area contributed by atoms with Crippen LogP contribution in [0.25, 0.3) is 0 Å². The normalized spacial score (nSPS) is 12.9. The second-order valence-corrected chi connectivity index (χ2v) is 2.27. The van der Waals surface area contributed by atoms with Crippen molar-refractivity contribution in [3.05, 3.63) is 0 Å². The summed E-state index contributed by atoms with van der Waals surface area (Å²) >= 11 is 0. The van der Waals surface area contributed by atoms with Gasteiger partial charge in [-0.15, -0.1) is 5.11 Å². The van der Waals surface area contributed by atoms with Crippen molar-refractivity contribution in [1.29, 1.82) is 0 Å². The van der Waals surface area contributed by atoms with E-state index in [1.54, 1.807) is 13.8 Å². The van der Waals surface area contributed by atoms with Gasteiger partial charge in [0, 0.05) is 13.0 Å². The zero-order chi connectivity index (χ0) is 8.85. The summed E-state index contributed by atoms with van der Waals surface area (Å²) in [5, 5.41) is 10.1. The molecule has 0 fully saturated rings. The van der Waals surface area contributed by atoms with Crippen molar-refractivity contribution >= 4 is 11.6 Å². The molecule has 0 bridgehead atoms. The molecule has 11 heavy (non-hydrogen) atoms. The van der Waals surface area contributed by atoms with E-state index in [0.717, 1.165) is 0 Å². The van der Waals surface area contributed by atoms with E-state index in [4.69, 9.17) is 5.84 Å². The van der Waals surface area contributed by atoms with Crippen molar-refractivity contribution in [1.82, 2.24) is 0 Å². The minimum absolute atomic E-state index is 0.0255. The van der Waals surface area contributed by atoms with E-state index in [1.165, 1.54) is 7.05 Å². The van der Waals surface area contributed by atoms with E-state index in [-0.39, 0.29) is 17.5 Å². The van der Waals surface area contributed by atoms with Crippen molar-refractivity contribution in [3.63, 3.8) is 0 Å². The predicted octanol–water partition coefficient (Wildman–Crippen LogP) is 0.566. The van der Waals surface area contributed by atoms with Gasteiger partial charge in [0.05, 0.1) is 0 Å². The smallest absolute Gasteiger partial charge is 0.235 e. The molecule has 0 aliphatic heterocycles. The summed E-state index contributed by atoms with van der Waals surface area (Å²) in [5.74, 6) is 4.54. The molecular formula is C6H12N4O. The Kier molecular flexibility index (Phi) is 4.02. The quantitative estimate of drug-likeness (QED) is 0.208. The second-order valence-electron chi connectivity index (χ2n) is 2.27. The zero-order valence-electron chi connectivity index (χ0n) is 6.90. The molecule has 0 aliphatic rings. The molecule has 62 valence electrons. The summed E-state index contributed by atoms with van der Waals surface area (Å²) in [6.45, 7) is 3.50. The van der Waals surface area contributed by atoms with Gasteiger partial charge in [0.1, 0.15) is 0 Å². The lowest BCUT2D eigenvalue weighted by atomic mass is 10.1. The van der Waals surface area contributed by atoms with Crippen LogP contribution in [0.5, 0.6) is 0 Å². The number of carbonyl (C=O) groups excluding carboxylic acids is 1. The summed E-state index contributed by atoms with van der Waals surface area (Å²) in [7, 11) is 1.46. The maximum Gasteiger partial charge on any atom is 0.235 e. The second kappa shape index (κ2) is 4.54. The number of ketones is 1. The number of Topliss-reactive ketones (excluding diaryl/α,β-unsaturated/α-hetero) is 1. The first-order valence-corrected chi connectivity index (χ1v) is 3.25. The highest BCUT2D eigenvalue weighted by Crippen LogP contribution is 1.97. The number of nitrogens with zero attached hydrogens (tertiary/aromatic N) is 3. The van der Waals surface area contributed by atoms with Crippen LogP contribution in [-0.2, 0) is 4.79 Å². The average Bonchev–Trinajstić information content (AvgIpc) is 1.98. The Hall–Kier alpha value is -1.26. The number of azo groups is 1. The third kappa shape index (κ3) is 2.88. The highest BCUT2D eigenvalue weighted by Gasteiger charge is 2.14. The number of amidine groups is 1. The molecule has 0 unspecified atom stereocenters. The summed E-state index contributed by atoms with van der Waals surface area (Å²) in [4.78, 5) is 11.1. The Morgan fingerprint density at radius 3 is 2.27 bits per heavy atom. The molecule has 5 nitrogen and oxygen atoms in total. The van der Waals surface area contributed by atoms with Gasteiger partial charge in [0.15, 0.2) is 0 Å². The lowest BCUT2D eigenvalue weighted by Gasteiger charge is -1.99. The molecule has 0 radical (unpaired) electrons. The third-order valence-electron chi connectivity index (χ3n) is 1.06. The fourth-order valence-electron chi connectivity index (χ4n) is 0.492. The molecule has 0 heterocycles. The van der Waals surface area contributed by atoms with Gasteiger partial charge in [-0.2, -0.15) is 10.2 Å². The summed E-state index contributed by atoms with van der Waals surface area (Å²) in [5.41, 5.74) is 0. The van der Waals surface area contributed by atoms with E-state index in [1.807, 2.05) is 0 Å². The molecule has 0 atom stereocenters. The zero-order valence-corrected chi connectivity index (χ0v) is 6.90. The van der Waals surface area contributed by atoms with Crippen LogP contribution in [0.4, 0.5) is 0 Å². The Balaban J connectivity index is 4.41. The van der Waals surface area contributed by atoms with Crippen molar-refractivity contribution in [2.24, 2.45) is 27.1 Å². The molecule has 0 saturated carbocycles. The van der Waals surface area contributed by atoms with Crippen LogP contribution in [0, 0.1) is 5.92 Å². The minimum atomic E-state index is -0.196. The number of hydrazone groups is 1. The van der Waals surface area contributed by atoms with Gasteiger partial charge < -0.3 is 5.84 Å². The first kappa shape index (κ1) is 9.74. The van der Waals surface area contributed by atoms with Crippen LogP contribution in [0.15, 0.2) is 15.3 Å². The van der Waals surface area contributed by atoms with E-state index < -0.39 is 0 Å². The van der Waals surface area contributed by atoms with Gasteiger partial charge in [0.2, 0.25) is 11.6 Å². The van der Waals surface area contributed by atoms with Gasteiger partial charge in [0.25, 0.3) is 0 Å². The largest absolute Gasteiger partial charge is 0.321 e. The highest BCUT2D eigenvalue weighted by atomic mass is 16.1. The lowest BCUT2D eigenvalue weighted by Crippen LogP contribution is -2.18. The van der Waals surface area contributed by atoms with Crippen LogP contribution < -0.4 is 5.84 Å². The maximum absolute atomic E-state index is 11.1. The van der Waals surface area contributed by atoms with Crippen LogP contribution in [0.3, 0.4) is 0 Å². The van der Waals surface area contributed by atoms with Crippen LogP contribution >= 0.6 is 0 Å². The van der Waals surface area contributed by atoms with Gasteiger partial charge in [-0.25, -0.2) is 0 Å². The molecule has 5 heteroatoms. The van der Waals surface area contributed by atoms with Crippen molar-refractivity contribution in [3.8, 4) is 0 Å². The first-order valence-electron chi connectivity index (χ1n) is 3.25. The topological polar surface area (TPSA) is 80.2 Å². The first-order chi connectivity index (χ1) is 5.13. The van der Waals surface area contributed by atoms with Crippen molar-refractivity contribution in [2.45, 2.75) is 13.8 Å². The standard InChI is InChI=1S/C6H12N4O/c1-4(2)5(11)6(9-7)10-8-3/h4H,7H2,1-3H3/b9-6-,10-8?. The number of hydrogen-bond donors (Lipinski definition) is 1. The number of carbonyl (C=O) groups is 1. The summed E-state index contributed by atoms with van der Waals surface area (Å²) < 4.78 is 0. The Labute approximate surface area is 65.4 Å². The van der Waals surface area contributed by atoms with E-state index in [2.05, 4.69) is 15.3 Å². The highest BCUT2D eigenvalue weighted by molar-refractivity contribution is 6.39. The molecule has 0 amide bonds. The molecular weight excluding hydrogens is 144 g/mol. The molecule has 0 aliphatic carbocycles. The minimum Gasteiger partial charge on any atom is -0.321 e. The molecule has 0 saturated heterocycles. The maximum atomic E-state index is 11.1. The van der Waals surface area contributed by atoms with Crippen LogP contribution in [0.2, 0.25) is 0 Å². The Bertz CT molecular complexity index is 195. The third-order valence-corrected chi connectivity index (χ3v) is 1.06. The molecule has 0 spiro atoms. The fraction of sp³-hybridized carbons (Fsp3) is 0.667. The number of nitrogens with two attached hydrogens (primary N) is 1. The Morgan fingerprint density at radius 1 is 1.45 bits per heavy atom. The van der Waals surface area contributed by atoms with E-state index >= 15 is 0 Å². The molecule has 0 aromatic heterocycles. The van der Waals surface area contributed by atoms with Gasteiger partial charge in [-0.3, -0.25) is 4.79 Å². The van der Waals surface area contributed by atoms with Crippen molar-refractivity contribution < 1.29 is 4.79 Å². The van der Waals surface area contributed by atoms with Crippen LogP contribution in [0.1, 0.15) is 13.8 Å². The van der Waals surface area contributed by atoms with E-state index in [9.17, 15) is 4.79 Å². The number of rotatable bonds is 2. The average molecular weight is 156 g/mol. The monoisotopic (exact) mass is 156 g/mol. The molecule has 2 N–H and O–H groups in total. The van der Waals surface area contributed by atoms with Gasteiger partial charge in [-0.05, 0) is 0 Å². The van der Waals surface area contributed by atoms with Crippen LogP contribution in [-0.4, -0.2) is 18.7 Å². The molecule has 0 aromatic rings. The van der Waals surface area contributed by atoms with E-state index in [0.29, 0.717) is 0 Å². The molecule has 0 rings (SSSR count). The van der Waals surface area contributed by atoms with Gasteiger partial charge >= 0.3 is 0 Å². The predicted molar refractivity (Wildman–Crippen MR) is 42.2 cm³/mol. The molecule has 0 aromatic carbocycles.